The molecular formula is C10H14FN5O2. The Balaban J connectivity index is 2.59. The van der Waals surface area contributed by atoms with Crippen molar-refractivity contribution in [1.29, 1.82) is 0 Å². The lowest BCUT2D eigenvalue weighted by molar-refractivity contribution is -0.118. The van der Waals surface area contributed by atoms with Crippen LogP contribution in [-0.4, -0.2) is 29.9 Å². The average Bonchev–Trinajstić information content (AvgIpc) is 2.34. The molecule has 18 heavy (non-hydrogen) atoms. The predicted molar refractivity (Wildman–Crippen MR) is 63.0 cm³/mol. The van der Waals surface area contributed by atoms with Gasteiger partial charge < -0.3 is 16.1 Å². The number of carbonyl (C=O) groups is 2. The number of amides is 2. The van der Waals surface area contributed by atoms with Crippen molar-refractivity contribution >= 4 is 17.6 Å². The molecule has 0 atom stereocenters. The number of hydrogen-bond acceptors (Lipinski definition) is 5. The second-order valence-corrected chi connectivity index (χ2v) is 3.40. The summed E-state index contributed by atoms with van der Waals surface area (Å²) in [6, 6.07) is 1.24. The maximum atomic E-state index is 13.6. The zero-order valence-corrected chi connectivity index (χ0v) is 9.79. The van der Waals surface area contributed by atoms with Crippen LogP contribution in [-0.2, 0) is 4.79 Å². The number of nitrogens with two attached hydrogens (primary N) is 1. The minimum absolute atomic E-state index is 0.166. The Morgan fingerprint density at radius 1 is 1.39 bits per heavy atom. The molecule has 0 aromatic carbocycles. The summed E-state index contributed by atoms with van der Waals surface area (Å²) in [6.45, 7) is 1.84. The molecule has 0 spiro atoms. The highest BCUT2D eigenvalue weighted by Gasteiger charge is 2.14. The topological polar surface area (TPSA) is 109 Å². The number of pyridine rings is 1. The summed E-state index contributed by atoms with van der Waals surface area (Å²) in [4.78, 5) is 25.8. The Bertz CT molecular complexity index is 452. The first-order valence-corrected chi connectivity index (χ1v) is 5.20. The van der Waals surface area contributed by atoms with Crippen molar-refractivity contribution in [3.05, 3.63) is 23.6 Å². The van der Waals surface area contributed by atoms with Gasteiger partial charge in [-0.3, -0.25) is 9.59 Å². The van der Waals surface area contributed by atoms with Crippen molar-refractivity contribution in [2.75, 3.05) is 18.5 Å². The van der Waals surface area contributed by atoms with E-state index in [2.05, 4.69) is 15.6 Å². The average molecular weight is 255 g/mol. The van der Waals surface area contributed by atoms with Gasteiger partial charge in [-0.15, -0.1) is 0 Å². The van der Waals surface area contributed by atoms with Gasteiger partial charge in [-0.2, -0.15) is 0 Å². The van der Waals surface area contributed by atoms with Crippen LogP contribution in [0.1, 0.15) is 17.3 Å². The van der Waals surface area contributed by atoms with E-state index in [1.165, 1.54) is 19.2 Å². The zero-order valence-electron chi connectivity index (χ0n) is 9.79. The van der Waals surface area contributed by atoms with Gasteiger partial charge in [-0.25, -0.2) is 15.2 Å². The van der Waals surface area contributed by atoms with Gasteiger partial charge in [-0.05, 0) is 6.07 Å². The van der Waals surface area contributed by atoms with Gasteiger partial charge in [0.1, 0.15) is 0 Å². The Morgan fingerprint density at radius 2 is 2.06 bits per heavy atom. The third-order valence-corrected chi connectivity index (χ3v) is 2.06. The van der Waals surface area contributed by atoms with E-state index < -0.39 is 11.7 Å². The number of hydrogen-bond donors (Lipinski definition) is 4. The van der Waals surface area contributed by atoms with Crippen molar-refractivity contribution in [1.82, 2.24) is 15.6 Å². The Kier molecular flexibility index (Phi) is 5.00. The lowest BCUT2D eigenvalue weighted by Crippen LogP contribution is -2.34. The maximum absolute atomic E-state index is 13.6. The maximum Gasteiger partial charge on any atom is 0.254 e. The van der Waals surface area contributed by atoms with Crippen molar-refractivity contribution < 1.29 is 14.0 Å². The molecule has 0 radical (unpaired) electrons. The third-order valence-electron chi connectivity index (χ3n) is 2.06. The molecule has 5 N–H and O–H groups in total. The van der Waals surface area contributed by atoms with Crippen LogP contribution in [0.5, 0.6) is 0 Å². The van der Waals surface area contributed by atoms with Crippen molar-refractivity contribution in [3.8, 4) is 0 Å². The van der Waals surface area contributed by atoms with E-state index in [9.17, 15) is 14.0 Å². The molecule has 0 aliphatic heterocycles. The minimum Gasteiger partial charge on any atom is -0.355 e. The molecule has 0 aliphatic carbocycles. The molecule has 2 amide bonds. The van der Waals surface area contributed by atoms with Crippen LogP contribution in [0.3, 0.4) is 0 Å². The number of nitrogens with zero attached hydrogens (tertiary/aromatic N) is 1. The van der Waals surface area contributed by atoms with Crippen molar-refractivity contribution in [3.63, 3.8) is 0 Å². The van der Waals surface area contributed by atoms with Gasteiger partial charge >= 0.3 is 0 Å². The van der Waals surface area contributed by atoms with Crippen LogP contribution >= 0.6 is 0 Å². The summed E-state index contributed by atoms with van der Waals surface area (Å²) in [6.07, 6.45) is 1.26. The highest BCUT2D eigenvalue weighted by molar-refractivity contribution is 5.95. The molecule has 0 unspecified atom stereocenters. The normalized spacial score (nSPS) is 9.72. The first kappa shape index (κ1) is 13.8. The first-order valence-electron chi connectivity index (χ1n) is 5.20. The summed E-state index contributed by atoms with van der Waals surface area (Å²) in [7, 11) is 0. The number of rotatable bonds is 5. The van der Waals surface area contributed by atoms with Crippen LogP contribution < -0.4 is 21.9 Å². The smallest absolute Gasteiger partial charge is 0.254 e. The molecule has 1 aromatic rings. The minimum atomic E-state index is -0.822. The molecule has 0 aliphatic rings. The molecule has 0 saturated heterocycles. The number of hydrazine groups is 1. The fourth-order valence-electron chi connectivity index (χ4n) is 1.23. The molecule has 0 fully saturated rings. The second-order valence-electron chi connectivity index (χ2n) is 3.40. The van der Waals surface area contributed by atoms with E-state index in [0.29, 0.717) is 0 Å². The standard InChI is InChI=1S/C10H14FN5O2/c1-6(17)13-4-5-15-10(18)7-2-3-14-9(16-12)8(7)11/h2-3H,4-5,12H2,1H3,(H,13,17)(H,14,16)(H,15,18). The van der Waals surface area contributed by atoms with E-state index in [0.717, 1.165) is 0 Å². The summed E-state index contributed by atoms with van der Waals surface area (Å²) in [5.74, 6) is 3.22. The van der Waals surface area contributed by atoms with Gasteiger partial charge in [0.2, 0.25) is 5.91 Å². The van der Waals surface area contributed by atoms with Crippen molar-refractivity contribution in [2.45, 2.75) is 6.92 Å². The number of anilines is 1. The van der Waals surface area contributed by atoms with Gasteiger partial charge in [0, 0.05) is 26.2 Å². The third kappa shape index (κ3) is 3.67. The quantitative estimate of drug-likeness (QED) is 0.318. The first-order chi connectivity index (χ1) is 8.56. The van der Waals surface area contributed by atoms with Crippen LogP contribution in [0.4, 0.5) is 10.2 Å². The molecule has 7 nitrogen and oxygen atoms in total. The van der Waals surface area contributed by atoms with Crippen LogP contribution in [0.15, 0.2) is 12.3 Å². The number of aromatic nitrogens is 1. The second kappa shape index (κ2) is 6.50. The van der Waals surface area contributed by atoms with E-state index in [1.807, 2.05) is 5.43 Å². The van der Waals surface area contributed by atoms with Crippen molar-refractivity contribution in [2.24, 2.45) is 5.84 Å². The summed E-state index contributed by atoms with van der Waals surface area (Å²) >= 11 is 0. The highest BCUT2D eigenvalue weighted by Crippen LogP contribution is 2.13. The lowest BCUT2D eigenvalue weighted by Gasteiger charge is -2.08. The largest absolute Gasteiger partial charge is 0.355 e. The Hall–Kier alpha value is -2.22. The van der Waals surface area contributed by atoms with Crippen LogP contribution in [0, 0.1) is 5.82 Å². The van der Waals surface area contributed by atoms with Crippen LogP contribution in [0.25, 0.3) is 0 Å². The molecule has 0 bridgehead atoms. The monoisotopic (exact) mass is 255 g/mol. The summed E-state index contributed by atoms with van der Waals surface area (Å²) in [5, 5.41) is 4.95. The number of nitrogens with one attached hydrogen (secondary N) is 3. The van der Waals surface area contributed by atoms with E-state index >= 15 is 0 Å². The SMILES string of the molecule is CC(=O)NCCNC(=O)c1ccnc(NN)c1F. The van der Waals surface area contributed by atoms with Gasteiger partial charge in [0.05, 0.1) is 5.56 Å². The molecule has 1 heterocycles. The highest BCUT2D eigenvalue weighted by atomic mass is 19.1. The lowest BCUT2D eigenvalue weighted by atomic mass is 10.2. The molecular weight excluding hydrogens is 241 g/mol. The summed E-state index contributed by atoms with van der Waals surface area (Å²) in [5.41, 5.74) is 1.88. The molecule has 8 heteroatoms. The molecule has 1 aromatic heterocycles. The van der Waals surface area contributed by atoms with Gasteiger partial charge in [0.15, 0.2) is 11.6 Å². The predicted octanol–water partition coefficient (Wildman–Crippen LogP) is -0.628. The number of nitrogen functional groups attached to an aromatic ring is 1. The Morgan fingerprint density at radius 3 is 2.67 bits per heavy atom. The Labute approximate surface area is 103 Å². The summed E-state index contributed by atoms with van der Waals surface area (Å²) < 4.78 is 13.6. The van der Waals surface area contributed by atoms with Gasteiger partial charge in [-0.1, -0.05) is 0 Å². The fraction of sp³-hybridized carbons (Fsp3) is 0.300. The van der Waals surface area contributed by atoms with Crippen LogP contribution in [0.2, 0.25) is 0 Å². The molecule has 98 valence electrons. The van der Waals surface area contributed by atoms with E-state index in [4.69, 9.17) is 5.84 Å². The fourth-order valence-corrected chi connectivity index (χ4v) is 1.23. The zero-order chi connectivity index (χ0) is 13.5. The number of carbonyl (C=O) groups excluding carboxylic acids is 2. The van der Waals surface area contributed by atoms with E-state index in [1.54, 1.807) is 0 Å². The van der Waals surface area contributed by atoms with Gasteiger partial charge in [0.25, 0.3) is 5.91 Å². The number of halogens is 1. The molecule has 0 saturated carbocycles. The molecule has 1 rings (SSSR count). The van der Waals surface area contributed by atoms with E-state index in [-0.39, 0.29) is 30.4 Å².